The minimum atomic E-state index is -0.669. The molecule has 0 bridgehead atoms. The Morgan fingerprint density at radius 3 is 2.37 bits per heavy atom. The fraction of sp³-hybridized carbons (Fsp3) is 0.429. The van der Waals surface area contributed by atoms with Crippen molar-refractivity contribution in [2.45, 2.75) is 53.3 Å². The molecule has 0 aliphatic carbocycles. The fourth-order valence-corrected chi connectivity index (χ4v) is 3.14. The Morgan fingerprint density at radius 1 is 1.20 bits per heavy atom. The molecule has 1 aromatic heterocycles. The van der Waals surface area contributed by atoms with E-state index < -0.39 is 17.5 Å². The van der Waals surface area contributed by atoms with Gasteiger partial charge in [-0.2, -0.15) is 0 Å². The van der Waals surface area contributed by atoms with Gasteiger partial charge in [0.2, 0.25) is 12.3 Å². The van der Waals surface area contributed by atoms with Crippen LogP contribution in [0.1, 0.15) is 50.7 Å². The molecule has 2 amide bonds. The SMILES string of the molecule is CC(C)C(=O)n1nc(N(C=O)c2ccc(F)cc2)c2c1CN(C(=O)OC(C)(C)C)C2. The van der Waals surface area contributed by atoms with Crippen molar-refractivity contribution >= 4 is 29.9 Å². The lowest BCUT2D eigenvalue weighted by atomic mass is 10.2. The lowest BCUT2D eigenvalue weighted by molar-refractivity contribution is -0.106. The Hall–Kier alpha value is -3.23. The molecule has 1 aromatic carbocycles. The first-order valence-corrected chi connectivity index (χ1v) is 9.65. The smallest absolute Gasteiger partial charge is 0.410 e. The maximum Gasteiger partial charge on any atom is 0.410 e. The van der Waals surface area contributed by atoms with Crippen LogP contribution in [0.15, 0.2) is 24.3 Å². The summed E-state index contributed by atoms with van der Waals surface area (Å²) < 4.78 is 20.0. The predicted molar refractivity (Wildman–Crippen MR) is 108 cm³/mol. The van der Waals surface area contributed by atoms with Crippen LogP contribution in [0.25, 0.3) is 0 Å². The Kier molecular flexibility index (Phi) is 5.65. The molecule has 2 heterocycles. The summed E-state index contributed by atoms with van der Waals surface area (Å²) in [7, 11) is 0. The van der Waals surface area contributed by atoms with Gasteiger partial charge in [-0.25, -0.2) is 13.9 Å². The summed E-state index contributed by atoms with van der Waals surface area (Å²) >= 11 is 0. The zero-order valence-electron chi connectivity index (χ0n) is 17.7. The summed E-state index contributed by atoms with van der Waals surface area (Å²) in [6, 6.07) is 5.35. The van der Waals surface area contributed by atoms with E-state index in [0.717, 1.165) is 0 Å². The second-order valence-corrected chi connectivity index (χ2v) is 8.44. The number of rotatable bonds is 4. The van der Waals surface area contributed by atoms with E-state index in [4.69, 9.17) is 4.74 Å². The van der Waals surface area contributed by atoms with Crippen molar-refractivity contribution in [3.8, 4) is 0 Å². The number of halogens is 1. The molecule has 2 aromatic rings. The summed E-state index contributed by atoms with van der Waals surface area (Å²) in [6.45, 7) is 9.06. The highest BCUT2D eigenvalue weighted by atomic mass is 19.1. The highest BCUT2D eigenvalue weighted by Gasteiger charge is 2.36. The maximum atomic E-state index is 13.3. The number of nitrogens with zero attached hydrogens (tertiary/aromatic N) is 4. The molecule has 30 heavy (non-hydrogen) atoms. The van der Waals surface area contributed by atoms with E-state index in [9.17, 15) is 18.8 Å². The molecule has 1 aliphatic rings. The van der Waals surface area contributed by atoms with Crippen LogP contribution in [-0.4, -0.2) is 38.7 Å². The fourth-order valence-electron chi connectivity index (χ4n) is 3.14. The predicted octanol–water partition coefficient (Wildman–Crippen LogP) is 3.86. The Morgan fingerprint density at radius 2 is 1.83 bits per heavy atom. The third kappa shape index (κ3) is 4.19. The van der Waals surface area contributed by atoms with Gasteiger partial charge in [0.05, 0.1) is 24.5 Å². The van der Waals surface area contributed by atoms with Crippen molar-refractivity contribution in [1.29, 1.82) is 0 Å². The van der Waals surface area contributed by atoms with Crippen molar-refractivity contribution in [3.05, 3.63) is 41.3 Å². The van der Waals surface area contributed by atoms with Crippen LogP contribution >= 0.6 is 0 Å². The number of hydrogen-bond acceptors (Lipinski definition) is 5. The molecular weight excluding hydrogens is 391 g/mol. The second-order valence-electron chi connectivity index (χ2n) is 8.44. The topological polar surface area (TPSA) is 84.7 Å². The van der Waals surface area contributed by atoms with Crippen LogP contribution < -0.4 is 4.90 Å². The van der Waals surface area contributed by atoms with Crippen LogP contribution in [-0.2, 0) is 22.6 Å². The summed E-state index contributed by atoms with van der Waals surface area (Å²) in [6.07, 6.45) is 0.0311. The van der Waals surface area contributed by atoms with Gasteiger partial charge in [-0.1, -0.05) is 13.8 Å². The van der Waals surface area contributed by atoms with Gasteiger partial charge in [-0.05, 0) is 45.0 Å². The quantitative estimate of drug-likeness (QED) is 0.707. The molecule has 0 N–H and O–H groups in total. The number of amides is 2. The van der Waals surface area contributed by atoms with Crippen LogP contribution in [0.3, 0.4) is 0 Å². The van der Waals surface area contributed by atoms with Gasteiger partial charge in [0, 0.05) is 11.5 Å². The Bertz CT molecular complexity index is 976. The van der Waals surface area contributed by atoms with Gasteiger partial charge < -0.3 is 4.74 Å². The van der Waals surface area contributed by atoms with E-state index in [1.54, 1.807) is 34.6 Å². The van der Waals surface area contributed by atoms with Crippen molar-refractivity contribution in [3.63, 3.8) is 0 Å². The Balaban J connectivity index is 2.03. The largest absolute Gasteiger partial charge is 0.444 e. The van der Waals surface area contributed by atoms with Crippen LogP contribution in [0, 0.1) is 11.7 Å². The third-order valence-corrected chi connectivity index (χ3v) is 4.55. The first kappa shape index (κ1) is 21.5. The van der Waals surface area contributed by atoms with Crippen molar-refractivity contribution in [2.75, 3.05) is 4.90 Å². The highest BCUT2D eigenvalue weighted by Crippen LogP contribution is 2.35. The number of anilines is 2. The minimum Gasteiger partial charge on any atom is -0.444 e. The van der Waals surface area contributed by atoms with Gasteiger partial charge >= 0.3 is 6.09 Å². The Labute approximate surface area is 174 Å². The lowest BCUT2D eigenvalue weighted by Gasteiger charge is -2.24. The molecule has 9 heteroatoms. The molecule has 160 valence electrons. The number of carbonyl (C=O) groups is 3. The molecule has 0 saturated carbocycles. The van der Waals surface area contributed by atoms with Gasteiger partial charge in [-0.3, -0.25) is 19.4 Å². The average Bonchev–Trinajstić information content (AvgIpc) is 3.22. The number of hydrogen-bond donors (Lipinski definition) is 0. The number of benzene rings is 1. The van der Waals surface area contributed by atoms with Crippen LogP contribution in [0.5, 0.6) is 0 Å². The molecular formula is C21H25FN4O4. The number of carbonyl (C=O) groups excluding carboxylic acids is 3. The maximum absolute atomic E-state index is 13.3. The van der Waals surface area contributed by atoms with Gasteiger partial charge in [0.15, 0.2) is 5.82 Å². The van der Waals surface area contributed by atoms with E-state index in [-0.39, 0.29) is 30.7 Å². The number of fused-ring (bicyclic) bond motifs is 1. The van der Waals surface area contributed by atoms with Gasteiger partial charge in [-0.15, -0.1) is 5.10 Å². The van der Waals surface area contributed by atoms with Crippen LogP contribution in [0.4, 0.5) is 20.7 Å². The number of aromatic nitrogens is 2. The third-order valence-electron chi connectivity index (χ3n) is 4.55. The first-order valence-electron chi connectivity index (χ1n) is 9.65. The van der Waals surface area contributed by atoms with E-state index in [1.807, 2.05) is 0 Å². The van der Waals surface area contributed by atoms with Crippen molar-refractivity contribution in [1.82, 2.24) is 14.7 Å². The highest BCUT2D eigenvalue weighted by molar-refractivity contribution is 5.89. The summed E-state index contributed by atoms with van der Waals surface area (Å²) in [5.41, 5.74) is 0.832. The van der Waals surface area contributed by atoms with E-state index in [2.05, 4.69) is 5.10 Å². The number of ether oxygens (including phenoxy) is 1. The van der Waals surface area contributed by atoms with E-state index in [0.29, 0.717) is 23.4 Å². The van der Waals surface area contributed by atoms with Gasteiger partial charge in [0.1, 0.15) is 11.4 Å². The van der Waals surface area contributed by atoms with Gasteiger partial charge in [0.25, 0.3) is 0 Å². The molecule has 0 unspecified atom stereocenters. The summed E-state index contributed by atoms with van der Waals surface area (Å²) in [4.78, 5) is 39.9. The average molecular weight is 416 g/mol. The molecule has 3 rings (SSSR count). The molecule has 1 aliphatic heterocycles. The van der Waals surface area contributed by atoms with E-state index >= 15 is 0 Å². The lowest BCUT2D eigenvalue weighted by Crippen LogP contribution is -2.34. The van der Waals surface area contributed by atoms with E-state index in [1.165, 1.54) is 38.7 Å². The van der Waals surface area contributed by atoms with Crippen molar-refractivity contribution in [2.24, 2.45) is 5.92 Å². The zero-order chi connectivity index (χ0) is 22.2. The second kappa shape index (κ2) is 7.89. The minimum absolute atomic E-state index is 0.131. The zero-order valence-corrected chi connectivity index (χ0v) is 17.7. The molecule has 0 atom stereocenters. The molecule has 0 saturated heterocycles. The monoisotopic (exact) mass is 416 g/mol. The summed E-state index contributed by atoms with van der Waals surface area (Å²) in [5, 5.41) is 4.38. The first-order chi connectivity index (χ1) is 14.0. The molecule has 0 fully saturated rings. The van der Waals surface area contributed by atoms with Crippen molar-refractivity contribution < 1.29 is 23.5 Å². The molecule has 8 nitrogen and oxygen atoms in total. The standard InChI is InChI=1S/C21H25FN4O4/c1-13(2)19(28)26-17-11-24(20(29)30-21(3,4)5)10-16(17)18(23-26)25(12-27)15-8-6-14(22)7-9-15/h6-9,12-13H,10-11H2,1-5H3. The van der Waals surface area contributed by atoms with Crippen LogP contribution in [0.2, 0.25) is 0 Å². The summed E-state index contributed by atoms with van der Waals surface area (Å²) in [5.74, 6) is -0.806. The molecule has 0 radical (unpaired) electrons. The normalized spacial score (nSPS) is 13.4. The molecule has 0 spiro atoms.